The molecule has 6 heteroatoms. The van der Waals surface area contributed by atoms with Crippen LogP contribution in [0.3, 0.4) is 0 Å². The number of hydrogen-bond donors (Lipinski definition) is 2. The van der Waals surface area contributed by atoms with Crippen molar-refractivity contribution < 1.29 is 4.74 Å². The van der Waals surface area contributed by atoms with Crippen LogP contribution < -0.4 is 10.6 Å². The molecule has 0 spiro atoms. The van der Waals surface area contributed by atoms with Gasteiger partial charge in [0, 0.05) is 19.7 Å². The van der Waals surface area contributed by atoms with Crippen molar-refractivity contribution in [2.45, 2.75) is 44.8 Å². The van der Waals surface area contributed by atoms with Crippen molar-refractivity contribution in [3.63, 3.8) is 0 Å². The van der Waals surface area contributed by atoms with Gasteiger partial charge in [0.15, 0.2) is 0 Å². The second-order valence-corrected chi connectivity index (χ2v) is 5.90. The fourth-order valence-electron chi connectivity index (χ4n) is 2.41. The Morgan fingerprint density at radius 3 is 2.70 bits per heavy atom. The topological polar surface area (TPSA) is 46.2 Å². The molecule has 2 N–H and O–H groups in total. The van der Waals surface area contributed by atoms with Crippen LogP contribution in [-0.2, 0) is 4.74 Å². The zero-order valence-corrected chi connectivity index (χ0v) is 13.4. The molecule has 1 aromatic heterocycles. The lowest BCUT2D eigenvalue weighted by Gasteiger charge is -2.16. The second-order valence-electron chi connectivity index (χ2n) is 5.09. The predicted molar refractivity (Wildman–Crippen MR) is 85.1 cm³/mol. The molecule has 2 rings (SSSR count). The highest BCUT2D eigenvalue weighted by molar-refractivity contribution is 6.37. The van der Waals surface area contributed by atoms with Gasteiger partial charge in [-0.25, -0.2) is 4.98 Å². The number of nitrogens with zero attached hydrogens (tertiary/aromatic N) is 1. The van der Waals surface area contributed by atoms with E-state index < -0.39 is 0 Å². The van der Waals surface area contributed by atoms with Gasteiger partial charge in [-0.05, 0) is 31.7 Å². The molecule has 1 aliphatic rings. The maximum absolute atomic E-state index is 6.22. The first-order chi connectivity index (χ1) is 9.63. The third kappa shape index (κ3) is 3.90. The first kappa shape index (κ1) is 15.7. The van der Waals surface area contributed by atoms with Gasteiger partial charge < -0.3 is 15.4 Å². The number of methoxy groups -OCH3 is 1. The molecule has 4 nitrogen and oxygen atoms in total. The van der Waals surface area contributed by atoms with Crippen LogP contribution in [0.15, 0.2) is 6.07 Å². The van der Waals surface area contributed by atoms with Crippen LogP contribution in [0.4, 0.5) is 11.6 Å². The zero-order chi connectivity index (χ0) is 14.5. The molecule has 1 fully saturated rings. The van der Waals surface area contributed by atoms with E-state index in [2.05, 4.69) is 22.5 Å². The number of ether oxygens (including phenoxy) is 1. The van der Waals surface area contributed by atoms with E-state index in [1.165, 1.54) is 0 Å². The summed E-state index contributed by atoms with van der Waals surface area (Å²) in [6.45, 7) is 2.93. The molecular weight excluding hydrogens is 297 g/mol. The minimum Gasteiger partial charge on any atom is -0.381 e. The molecule has 1 saturated carbocycles. The normalized spacial score (nSPS) is 22.0. The predicted octanol–water partition coefficient (Wildman–Crippen LogP) is 4.19. The molecule has 1 heterocycles. The summed E-state index contributed by atoms with van der Waals surface area (Å²) >= 11 is 12.4. The average Bonchev–Trinajstić information content (AvgIpc) is 2.88. The SMILES string of the molecule is CCCNc1nc(NC2CCC(OC)C2)c(Cl)cc1Cl. The summed E-state index contributed by atoms with van der Waals surface area (Å²) in [5.41, 5.74) is 0. The van der Waals surface area contributed by atoms with Gasteiger partial charge in [0.05, 0.1) is 16.1 Å². The highest BCUT2D eigenvalue weighted by Gasteiger charge is 2.25. The second kappa shape index (κ2) is 7.34. The zero-order valence-electron chi connectivity index (χ0n) is 11.9. The highest BCUT2D eigenvalue weighted by atomic mass is 35.5. The Bertz CT molecular complexity index is 456. The molecule has 1 aliphatic carbocycles. The molecule has 0 aromatic carbocycles. The lowest BCUT2D eigenvalue weighted by molar-refractivity contribution is 0.108. The molecule has 2 atom stereocenters. The molecule has 112 valence electrons. The van der Waals surface area contributed by atoms with Crippen molar-refractivity contribution in [1.82, 2.24) is 4.98 Å². The Hall–Kier alpha value is -0.710. The first-order valence-electron chi connectivity index (χ1n) is 7.03. The number of pyridine rings is 1. The number of halogens is 2. The minimum atomic E-state index is 0.330. The van der Waals surface area contributed by atoms with Gasteiger partial charge in [0.2, 0.25) is 0 Å². The maximum atomic E-state index is 6.22. The van der Waals surface area contributed by atoms with E-state index in [1.54, 1.807) is 13.2 Å². The first-order valence-corrected chi connectivity index (χ1v) is 7.78. The number of nitrogens with one attached hydrogen (secondary N) is 2. The van der Waals surface area contributed by atoms with Gasteiger partial charge in [-0.3, -0.25) is 0 Å². The number of hydrogen-bond acceptors (Lipinski definition) is 4. The standard InChI is InChI=1S/C14H21Cl2N3O/c1-3-6-17-13-11(15)8-12(16)14(19-13)18-9-4-5-10(7-9)20-2/h8-10H,3-7H2,1-2H3,(H2,17,18,19). The monoisotopic (exact) mass is 317 g/mol. The van der Waals surface area contributed by atoms with E-state index in [1.807, 2.05) is 0 Å². The van der Waals surface area contributed by atoms with Gasteiger partial charge in [-0.1, -0.05) is 30.1 Å². The molecule has 20 heavy (non-hydrogen) atoms. The van der Waals surface area contributed by atoms with Crippen LogP contribution in [0, 0.1) is 0 Å². The summed E-state index contributed by atoms with van der Waals surface area (Å²) in [6, 6.07) is 2.09. The van der Waals surface area contributed by atoms with E-state index in [0.29, 0.717) is 33.8 Å². The van der Waals surface area contributed by atoms with Crippen molar-refractivity contribution in [1.29, 1.82) is 0 Å². The van der Waals surface area contributed by atoms with Crippen molar-refractivity contribution in [2.24, 2.45) is 0 Å². The summed E-state index contributed by atoms with van der Waals surface area (Å²) in [7, 11) is 1.76. The van der Waals surface area contributed by atoms with Gasteiger partial charge in [-0.2, -0.15) is 0 Å². The van der Waals surface area contributed by atoms with Crippen molar-refractivity contribution in [2.75, 3.05) is 24.3 Å². The lowest BCUT2D eigenvalue weighted by Crippen LogP contribution is -2.18. The van der Waals surface area contributed by atoms with Crippen LogP contribution in [0.2, 0.25) is 10.0 Å². The van der Waals surface area contributed by atoms with Crippen LogP contribution in [0.1, 0.15) is 32.6 Å². The molecule has 2 unspecified atom stereocenters. The Kier molecular flexibility index (Phi) is 5.75. The van der Waals surface area contributed by atoms with Crippen molar-refractivity contribution in [3.05, 3.63) is 16.1 Å². The lowest BCUT2D eigenvalue weighted by atomic mass is 10.2. The van der Waals surface area contributed by atoms with E-state index >= 15 is 0 Å². The summed E-state index contributed by atoms with van der Waals surface area (Å²) in [5, 5.41) is 7.71. The number of aromatic nitrogens is 1. The third-order valence-electron chi connectivity index (χ3n) is 3.53. The average molecular weight is 318 g/mol. The number of rotatable bonds is 6. The molecule has 0 saturated heterocycles. The Balaban J connectivity index is 2.07. The van der Waals surface area contributed by atoms with Crippen molar-refractivity contribution in [3.8, 4) is 0 Å². The summed E-state index contributed by atoms with van der Waals surface area (Å²) in [5.74, 6) is 1.37. The molecule has 0 bridgehead atoms. The third-order valence-corrected chi connectivity index (χ3v) is 4.11. The Morgan fingerprint density at radius 2 is 2.05 bits per heavy atom. The van der Waals surface area contributed by atoms with E-state index in [-0.39, 0.29) is 0 Å². The minimum absolute atomic E-state index is 0.330. The maximum Gasteiger partial charge on any atom is 0.147 e. The van der Waals surface area contributed by atoms with Crippen molar-refractivity contribution >= 4 is 34.8 Å². The van der Waals surface area contributed by atoms with Gasteiger partial charge in [-0.15, -0.1) is 0 Å². The summed E-state index contributed by atoms with van der Waals surface area (Å²) in [4.78, 5) is 4.50. The van der Waals surface area contributed by atoms with E-state index in [0.717, 1.165) is 32.2 Å². The molecule has 0 aliphatic heterocycles. The molecule has 1 aromatic rings. The number of anilines is 2. The van der Waals surface area contributed by atoms with E-state index in [4.69, 9.17) is 27.9 Å². The van der Waals surface area contributed by atoms with Gasteiger partial charge in [0.1, 0.15) is 11.6 Å². The van der Waals surface area contributed by atoms with E-state index in [9.17, 15) is 0 Å². The molecular formula is C14H21Cl2N3O. The smallest absolute Gasteiger partial charge is 0.147 e. The van der Waals surface area contributed by atoms with Crippen LogP contribution in [0.5, 0.6) is 0 Å². The van der Waals surface area contributed by atoms with Crippen LogP contribution in [-0.4, -0.2) is 30.8 Å². The van der Waals surface area contributed by atoms with Gasteiger partial charge in [0.25, 0.3) is 0 Å². The van der Waals surface area contributed by atoms with Crippen LogP contribution >= 0.6 is 23.2 Å². The quantitative estimate of drug-likeness (QED) is 0.825. The highest BCUT2D eigenvalue weighted by Crippen LogP contribution is 2.32. The fourth-order valence-corrected chi connectivity index (χ4v) is 2.89. The summed E-state index contributed by atoms with van der Waals surface area (Å²) in [6.07, 6.45) is 4.46. The summed E-state index contributed by atoms with van der Waals surface area (Å²) < 4.78 is 5.38. The Labute approximate surface area is 130 Å². The largest absolute Gasteiger partial charge is 0.381 e. The Morgan fingerprint density at radius 1 is 1.30 bits per heavy atom. The fraction of sp³-hybridized carbons (Fsp3) is 0.643. The molecule has 0 radical (unpaired) electrons. The molecule has 0 amide bonds. The van der Waals surface area contributed by atoms with Gasteiger partial charge >= 0.3 is 0 Å². The van der Waals surface area contributed by atoms with Crippen LogP contribution in [0.25, 0.3) is 0 Å².